The van der Waals surface area contributed by atoms with Crippen LogP contribution in [0.1, 0.15) is 42.6 Å². The second-order valence-electron chi connectivity index (χ2n) is 10.3. The maximum atomic E-state index is 11.0. The summed E-state index contributed by atoms with van der Waals surface area (Å²) < 4.78 is 11.0. The van der Waals surface area contributed by atoms with Crippen LogP contribution < -0.4 is 4.90 Å². The van der Waals surface area contributed by atoms with Crippen molar-refractivity contribution in [3.8, 4) is 11.5 Å². The molecule has 3 aliphatic heterocycles. The van der Waals surface area contributed by atoms with E-state index in [0.29, 0.717) is 6.54 Å². The minimum absolute atomic E-state index is 0.0720. The number of phenolic OH excluding ortho intramolecular Hbond substituents is 2. The van der Waals surface area contributed by atoms with Gasteiger partial charge in [0.2, 0.25) is 0 Å². The number of hydrogen-bond acceptors (Lipinski definition) is 9. The first-order chi connectivity index (χ1) is 18.0. The van der Waals surface area contributed by atoms with E-state index in [9.17, 15) is 10.2 Å². The van der Waals surface area contributed by atoms with E-state index in [1.807, 2.05) is 31.3 Å². The molecule has 0 radical (unpaired) electrons. The Bertz CT molecular complexity index is 1060. The highest BCUT2D eigenvalue weighted by Crippen LogP contribution is 2.41. The van der Waals surface area contributed by atoms with Crippen LogP contribution >= 0.6 is 0 Å². The molecule has 9 heteroatoms. The van der Waals surface area contributed by atoms with Gasteiger partial charge in [0.05, 0.1) is 33.0 Å². The fourth-order valence-corrected chi connectivity index (χ4v) is 5.23. The standard InChI is InChI=1S/C28H39N5O4/c1-21(2)24-17-25(27(35)18-26(24)34)28-32(20-29-33(28)8-7-30-9-13-36-14-10-30)23-5-3-22(4-6-23)19-31-11-15-37-16-12-31/h3-6,17-18,20-21,28,34-35H,7-16,19H2,1-2H3. The molecule has 2 saturated heterocycles. The number of rotatable bonds is 8. The summed E-state index contributed by atoms with van der Waals surface area (Å²) in [7, 11) is 0. The van der Waals surface area contributed by atoms with Crippen LogP contribution in [0.15, 0.2) is 41.5 Å². The second kappa shape index (κ2) is 11.7. The predicted molar refractivity (Wildman–Crippen MR) is 144 cm³/mol. The van der Waals surface area contributed by atoms with Gasteiger partial charge in [0.25, 0.3) is 0 Å². The van der Waals surface area contributed by atoms with E-state index < -0.39 is 0 Å². The zero-order valence-electron chi connectivity index (χ0n) is 21.9. The molecule has 0 saturated carbocycles. The molecule has 2 fully saturated rings. The van der Waals surface area contributed by atoms with Crippen molar-refractivity contribution >= 4 is 12.0 Å². The number of phenols is 2. The van der Waals surface area contributed by atoms with E-state index in [2.05, 4.69) is 39.0 Å². The van der Waals surface area contributed by atoms with Crippen LogP contribution in [0.25, 0.3) is 0 Å². The summed E-state index contributed by atoms with van der Waals surface area (Å²) in [6.07, 6.45) is 1.53. The Kier molecular flexibility index (Phi) is 8.14. The smallest absolute Gasteiger partial charge is 0.153 e. The van der Waals surface area contributed by atoms with Gasteiger partial charge in [-0.05, 0) is 35.2 Å². The Labute approximate surface area is 219 Å². The first kappa shape index (κ1) is 25.8. The largest absolute Gasteiger partial charge is 0.508 e. The monoisotopic (exact) mass is 509 g/mol. The number of aromatic hydroxyl groups is 2. The number of morpholine rings is 2. The van der Waals surface area contributed by atoms with Gasteiger partial charge in [-0.25, -0.2) is 0 Å². The van der Waals surface area contributed by atoms with Gasteiger partial charge in [0.1, 0.15) is 17.8 Å². The van der Waals surface area contributed by atoms with Gasteiger partial charge in [0.15, 0.2) is 6.17 Å². The summed E-state index contributed by atoms with van der Waals surface area (Å²) in [4.78, 5) is 6.90. The lowest BCUT2D eigenvalue weighted by Crippen LogP contribution is -2.42. The molecule has 1 atom stereocenters. The molecule has 0 bridgehead atoms. The van der Waals surface area contributed by atoms with Crippen LogP contribution in [-0.2, 0) is 16.0 Å². The molecule has 2 aromatic rings. The maximum absolute atomic E-state index is 11.0. The van der Waals surface area contributed by atoms with E-state index in [-0.39, 0.29) is 23.6 Å². The highest BCUT2D eigenvalue weighted by atomic mass is 16.5. The van der Waals surface area contributed by atoms with Crippen molar-refractivity contribution < 1.29 is 19.7 Å². The molecule has 5 rings (SSSR count). The third kappa shape index (κ3) is 6.01. The number of anilines is 1. The van der Waals surface area contributed by atoms with Crippen molar-refractivity contribution in [2.75, 3.05) is 70.6 Å². The molecule has 2 aromatic carbocycles. The van der Waals surface area contributed by atoms with Crippen molar-refractivity contribution in [2.45, 2.75) is 32.5 Å². The molecule has 0 aromatic heterocycles. The second-order valence-corrected chi connectivity index (χ2v) is 10.3. The number of ether oxygens (including phenoxy) is 2. The van der Waals surface area contributed by atoms with Crippen molar-refractivity contribution in [2.24, 2.45) is 5.10 Å². The molecular formula is C28H39N5O4. The highest BCUT2D eigenvalue weighted by molar-refractivity contribution is 5.82. The third-order valence-corrected chi connectivity index (χ3v) is 7.44. The fraction of sp³-hybridized carbons (Fsp3) is 0.536. The van der Waals surface area contributed by atoms with Crippen molar-refractivity contribution in [3.05, 3.63) is 53.1 Å². The summed E-state index contributed by atoms with van der Waals surface area (Å²) in [6, 6.07) is 12.0. The van der Waals surface area contributed by atoms with Gasteiger partial charge in [-0.2, -0.15) is 5.10 Å². The summed E-state index contributed by atoms with van der Waals surface area (Å²) in [6.45, 7) is 13.4. The number of hydrogen-bond donors (Lipinski definition) is 2. The van der Waals surface area contributed by atoms with E-state index >= 15 is 0 Å². The molecule has 0 amide bonds. The summed E-state index contributed by atoms with van der Waals surface area (Å²) in [5.41, 5.74) is 3.82. The lowest BCUT2D eigenvalue weighted by molar-refractivity contribution is 0.0318. The number of benzene rings is 2. The van der Waals surface area contributed by atoms with Crippen molar-refractivity contribution in [1.29, 1.82) is 0 Å². The van der Waals surface area contributed by atoms with Gasteiger partial charge in [-0.15, -0.1) is 0 Å². The van der Waals surface area contributed by atoms with E-state index in [0.717, 1.165) is 82.5 Å². The fourth-order valence-electron chi connectivity index (χ4n) is 5.23. The Balaban J connectivity index is 1.39. The quantitative estimate of drug-likeness (QED) is 0.562. The van der Waals surface area contributed by atoms with Crippen molar-refractivity contribution in [3.63, 3.8) is 0 Å². The highest BCUT2D eigenvalue weighted by Gasteiger charge is 2.34. The zero-order valence-corrected chi connectivity index (χ0v) is 21.9. The van der Waals surface area contributed by atoms with Crippen LogP contribution in [0, 0.1) is 0 Å². The topological polar surface area (TPSA) is 84.2 Å². The molecule has 2 N–H and O–H groups in total. The van der Waals surface area contributed by atoms with Crippen LogP contribution in [0.4, 0.5) is 5.69 Å². The number of nitrogens with zero attached hydrogens (tertiary/aromatic N) is 5. The van der Waals surface area contributed by atoms with E-state index in [1.165, 1.54) is 11.6 Å². The Morgan fingerprint density at radius 2 is 1.51 bits per heavy atom. The first-order valence-corrected chi connectivity index (χ1v) is 13.3. The van der Waals surface area contributed by atoms with E-state index in [1.54, 1.807) is 0 Å². The Morgan fingerprint density at radius 3 is 2.16 bits per heavy atom. The molecule has 1 unspecified atom stereocenters. The molecule has 37 heavy (non-hydrogen) atoms. The molecule has 3 aliphatic rings. The normalized spacial score (nSPS) is 21.3. The molecule has 9 nitrogen and oxygen atoms in total. The number of hydrazone groups is 1. The van der Waals surface area contributed by atoms with Crippen molar-refractivity contribution in [1.82, 2.24) is 14.8 Å². The van der Waals surface area contributed by atoms with Gasteiger partial charge < -0.3 is 24.6 Å². The van der Waals surface area contributed by atoms with Gasteiger partial charge >= 0.3 is 0 Å². The van der Waals surface area contributed by atoms with Crippen LogP contribution in [0.5, 0.6) is 11.5 Å². The maximum Gasteiger partial charge on any atom is 0.153 e. The molecular weight excluding hydrogens is 470 g/mol. The minimum Gasteiger partial charge on any atom is -0.508 e. The van der Waals surface area contributed by atoms with E-state index in [4.69, 9.17) is 14.6 Å². The first-order valence-electron chi connectivity index (χ1n) is 13.3. The van der Waals surface area contributed by atoms with Crippen LogP contribution in [-0.4, -0.2) is 97.1 Å². The Morgan fingerprint density at radius 1 is 0.865 bits per heavy atom. The Hall–Kier alpha value is -2.85. The van der Waals surface area contributed by atoms with Crippen LogP contribution in [0.3, 0.4) is 0 Å². The summed E-state index contributed by atoms with van der Waals surface area (Å²) in [5, 5.41) is 28.2. The lowest BCUT2D eigenvalue weighted by Gasteiger charge is -2.34. The molecule has 0 spiro atoms. The SMILES string of the molecule is CC(C)c1cc(C2N(CCN3CCOCC3)N=CN2c2ccc(CN3CCOCC3)cc2)c(O)cc1O. The third-order valence-electron chi connectivity index (χ3n) is 7.44. The van der Waals surface area contributed by atoms with Gasteiger partial charge in [0, 0.05) is 56.6 Å². The van der Waals surface area contributed by atoms with Crippen LogP contribution in [0.2, 0.25) is 0 Å². The summed E-state index contributed by atoms with van der Waals surface area (Å²) >= 11 is 0. The average molecular weight is 510 g/mol. The molecule has 0 aliphatic carbocycles. The minimum atomic E-state index is -0.316. The summed E-state index contributed by atoms with van der Waals surface area (Å²) in [5.74, 6) is 0.313. The lowest BCUT2D eigenvalue weighted by atomic mass is 9.97. The van der Waals surface area contributed by atoms with Gasteiger partial charge in [-0.3, -0.25) is 14.8 Å². The average Bonchev–Trinajstić information content (AvgIpc) is 3.32. The van der Waals surface area contributed by atoms with Gasteiger partial charge in [-0.1, -0.05) is 26.0 Å². The molecule has 200 valence electrons. The molecule has 3 heterocycles. The zero-order chi connectivity index (χ0) is 25.8. The predicted octanol–water partition coefficient (Wildman–Crippen LogP) is 3.15.